The number of thiazole rings is 1. The fourth-order valence-electron chi connectivity index (χ4n) is 2.38. The van der Waals surface area contributed by atoms with E-state index in [4.69, 9.17) is 0 Å². The number of anilines is 1. The Bertz CT molecular complexity index is 781. The highest BCUT2D eigenvalue weighted by molar-refractivity contribution is 7.15. The normalized spacial score (nSPS) is 12.4. The molecule has 22 heavy (non-hydrogen) atoms. The molecule has 0 amide bonds. The molecule has 1 unspecified atom stereocenters. The van der Waals surface area contributed by atoms with Crippen molar-refractivity contribution in [1.29, 1.82) is 0 Å². The van der Waals surface area contributed by atoms with E-state index in [2.05, 4.69) is 22.4 Å². The maximum atomic E-state index is 11.3. The van der Waals surface area contributed by atoms with Gasteiger partial charge in [0.15, 0.2) is 0 Å². The van der Waals surface area contributed by atoms with Crippen LogP contribution in [-0.2, 0) is 6.42 Å². The average Bonchev–Trinajstić information content (AvgIpc) is 3.06. The van der Waals surface area contributed by atoms with Crippen LogP contribution >= 0.6 is 11.3 Å². The molecule has 0 radical (unpaired) electrons. The van der Waals surface area contributed by atoms with E-state index in [9.17, 15) is 10.1 Å². The van der Waals surface area contributed by atoms with Crippen LogP contribution in [0.25, 0.3) is 4.96 Å². The van der Waals surface area contributed by atoms with Gasteiger partial charge in [-0.1, -0.05) is 41.7 Å². The second-order valence-corrected chi connectivity index (χ2v) is 6.04. The van der Waals surface area contributed by atoms with Gasteiger partial charge in [0.1, 0.15) is 6.20 Å². The molecule has 2 heterocycles. The molecule has 2 aromatic heterocycles. The quantitative estimate of drug-likeness (QED) is 0.555. The van der Waals surface area contributed by atoms with Gasteiger partial charge >= 0.3 is 5.82 Å². The minimum absolute atomic E-state index is 0.00260. The molecule has 1 aromatic carbocycles. The maximum Gasteiger partial charge on any atom is 0.372 e. The Morgan fingerprint density at radius 1 is 1.41 bits per heavy atom. The fraction of sp³-hybridized carbons (Fsp3) is 0.267. The summed E-state index contributed by atoms with van der Waals surface area (Å²) in [5.74, 6) is 0.347. The summed E-state index contributed by atoms with van der Waals surface area (Å²) < 4.78 is 1.51. The lowest BCUT2D eigenvalue weighted by atomic mass is 10.1. The molecule has 0 bridgehead atoms. The van der Waals surface area contributed by atoms with Crippen molar-refractivity contribution in [1.82, 2.24) is 9.38 Å². The third kappa shape index (κ3) is 2.94. The lowest BCUT2D eigenvalue weighted by molar-refractivity contribution is -0.389. The molecule has 0 saturated carbocycles. The number of rotatable bonds is 6. The van der Waals surface area contributed by atoms with Crippen LogP contribution in [0.2, 0.25) is 0 Å². The number of fused-ring (bicyclic) bond motifs is 1. The Balaban J connectivity index is 1.71. The lowest BCUT2D eigenvalue weighted by Crippen LogP contribution is -2.17. The zero-order valence-corrected chi connectivity index (χ0v) is 12.9. The third-order valence-corrected chi connectivity index (χ3v) is 4.26. The summed E-state index contributed by atoms with van der Waals surface area (Å²) in [7, 11) is 0. The molecular weight excluding hydrogens is 300 g/mol. The number of aryl methyl sites for hydroxylation is 1. The predicted octanol–water partition coefficient (Wildman–Crippen LogP) is 3.74. The first kappa shape index (κ1) is 14.5. The molecule has 0 spiro atoms. The van der Waals surface area contributed by atoms with Gasteiger partial charge in [-0.2, -0.15) is 9.38 Å². The van der Waals surface area contributed by atoms with Crippen molar-refractivity contribution in [3.05, 3.63) is 57.6 Å². The van der Waals surface area contributed by atoms with E-state index in [0.29, 0.717) is 10.8 Å². The standard InChI is InChI=1S/C15H16N4O2S/c1-11(7-8-12-5-3-2-4-6-12)16-13-14(19(20)21)18-9-10-22-15(18)17-13/h2-6,9-11,16H,7-8H2,1H3. The molecule has 3 rings (SSSR count). The maximum absolute atomic E-state index is 11.3. The SMILES string of the molecule is CC(CCc1ccccc1)Nc1nc2sccn2c1[N+](=O)[O-]. The minimum Gasteiger partial charge on any atom is -0.360 e. The van der Waals surface area contributed by atoms with Gasteiger partial charge in [0.05, 0.1) is 0 Å². The van der Waals surface area contributed by atoms with Crippen molar-refractivity contribution in [3.63, 3.8) is 0 Å². The van der Waals surface area contributed by atoms with E-state index in [-0.39, 0.29) is 16.8 Å². The van der Waals surface area contributed by atoms with Crippen LogP contribution in [-0.4, -0.2) is 20.3 Å². The van der Waals surface area contributed by atoms with E-state index >= 15 is 0 Å². The first-order valence-electron chi connectivity index (χ1n) is 7.05. The van der Waals surface area contributed by atoms with Crippen LogP contribution in [0.4, 0.5) is 11.6 Å². The highest BCUT2D eigenvalue weighted by atomic mass is 32.1. The number of hydrogen-bond acceptors (Lipinski definition) is 5. The van der Waals surface area contributed by atoms with E-state index < -0.39 is 0 Å². The second kappa shape index (κ2) is 6.15. The molecule has 6 nitrogen and oxygen atoms in total. The molecule has 0 aliphatic carbocycles. The number of aromatic nitrogens is 2. The Kier molecular flexibility index (Phi) is 4.06. The zero-order valence-electron chi connectivity index (χ0n) is 12.1. The highest BCUT2D eigenvalue weighted by Crippen LogP contribution is 2.28. The van der Waals surface area contributed by atoms with Gasteiger partial charge in [0, 0.05) is 11.4 Å². The average molecular weight is 316 g/mol. The molecule has 114 valence electrons. The fourth-order valence-corrected chi connectivity index (χ4v) is 3.09. The monoisotopic (exact) mass is 316 g/mol. The predicted molar refractivity (Wildman–Crippen MR) is 87.6 cm³/mol. The largest absolute Gasteiger partial charge is 0.372 e. The van der Waals surface area contributed by atoms with Crippen LogP contribution in [0.3, 0.4) is 0 Å². The first-order valence-corrected chi connectivity index (χ1v) is 7.93. The van der Waals surface area contributed by atoms with Crippen LogP contribution in [0.5, 0.6) is 0 Å². The minimum atomic E-state index is -0.390. The summed E-state index contributed by atoms with van der Waals surface area (Å²) >= 11 is 1.38. The van der Waals surface area contributed by atoms with Crippen LogP contribution in [0.1, 0.15) is 18.9 Å². The molecule has 0 aliphatic rings. The van der Waals surface area contributed by atoms with Crippen molar-refractivity contribution < 1.29 is 4.92 Å². The lowest BCUT2D eigenvalue weighted by Gasteiger charge is -2.12. The summed E-state index contributed by atoms with van der Waals surface area (Å²) in [6, 6.07) is 10.3. The van der Waals surface area contributed by atoms with Crippen molar-refractivity contribution in [2.24, 2.45) is 0 Å². The van der Waals surface area contributed by atoms with Gasteiger partial charge in [-0.05, 0) is 30.3 Å². The summed E-state index contributed by atoms with van der Waals surface area (Å²) in [6.07, 6.45) is 3.47. The molecule has 0 fully saturated rings. The Labute approximate surface area is 131 Å². The smallest absolute Gasteiger partial charge is 0.360 e. The summed E-state index contributed by atoms with van der Waals surface area (Å²) in [5.41, 5.74) is 1.26. The third-order valence-electron chi connectivity index (χ3n) is 3.50. The number of nitro groups is 1. The van der Waals surface area contributed by atoms with Crippen molar-refractivity contribution >= 4 is 27.9 Å². The van der Waals surface area contributed by atoms with Gasteiger partial charge in [0.2, 0.25) is 5.82 Å². The van der Waals surface area contributed by atoms with Crippen LogP contribution < -0.4 is 5.32 Å². The molecule has 1 N–H and O–H groups in total. The molecule has 0 saturated heterocycles. The van der Waals surface area contributed by atoms with Crippen molar-refractivity contribution in [2.45, 2.75) is 25.8 Å². The van der Waals surface area contributed by atoms with E-state index in [1.807, 2.05) is 25.1 Å². The number of nitrogens with zero attached hydrogens (tertiary/aromatic N) is 3. The summed E-state index contributed by atoms with van der Waals surface area (Å²) in [5, 5.41) is 16.2. The van der Waals surface area contributed by atoms with E-state index in [0.717, 1.165) is 12.8 Å². The van der Waals surface area contributed by atoms with Gasteiger partial charge in [0.25, 0.3) is 4.96 Å². The summed E-state index contributed by atoms with van der Waals surface area (Å²) in [6.45, 7) is 2.01. The van der Waals surface area contributed by atoms with E-state index in [1.165, 1.54) is 21.3 Å². The number of nitrogens with one attached hydrogen (secondary N) is 1. The number of hydrogen-bond donors (Lipinski definition) is 1. The van der Waals surface area contributed by atoms with Crippen LogP contribution in [0.15, 0.2) is 41.9 Å². The first-order chi connectivity index (χ1) is 10.6. The van der Waals surface area contributed by atoms with Crippen molar-refractivity contribution in [2.75, 3.05) is 5.32 Å². The Hall–Kier alpha value is -2.41. The Morgan fingerprint density at radius 2 is 2.18 bits per heavy atom. The highest BCUT2D eigenvalue weighted by Gasteiger charge is 2.24. The van der Waals surface area contributed by atoms with E-state index in [1.54, 1.807) is 11.6 Å². The van der Waals surface area contributed by atoms with Crippen LogP contribution in [0, 0.1) is 10.1 Å². The van der Waals surface area contributed by atoms with Gasteiger partial charge in [-0.25, -0.2) is 0 Å². The Morgan fingerprint density at radius 3 is 2.91 bits per heavy atom. The van der Waals surface area contributed by atoms with Crippen molar-refractivity contribution in [3.8, 4) is 0 Å². The summed E-state index contributed by atoms with van der Waals surface area (Å²) in [4.78, 5) is 15.8. The van der Waals surface area contributed by atoms with Gasteiger partial charge in [-0.3, -0.25) is 0 Å². The topological polar surface area (TPSA) is 72.5 Å². The molecular formula is C15H16N4O2S. The van der Waals surface area contributed by atoms with Gasteiger partial charge < -0.3 is 15.4 Å². The molecule has 7 heteroatoms. The zero-order chi connectivity index (χ0) is 15.5. The number of benzene rings is 1. The second-order valence-electron chi connectivity index (χ2n) is 5.17. The number of imidazole rings is 1. The molecule has 3 aromatic rings. The van der Waals surface area contributed by atoms with Gasteiger partial charge in [-0.15, -0.1) is 0 Å². The molecule has 1 atom stereocenters. The molecule has 0 aliphatic heterocycles.